The van der Waals surface area contributed by atoms with Crippen molar-refractivity contribution in [2.45, 2.75) is 25.0 Å². The molecule has 2 atom stereocenters. The fourth-order valence-electron chi connectivity index (χ4n) is 2.13. The number of rotatable bonds is 5. The molecule has 1 fully saturated rings. The van der Waals surface area contributed by atoms with Crippen LogP contribution in [0.2, 0.25) is 0 Å². The minimum absolute atomic E-state index is 0.304. The number of benzene rings is 1. The van der Waals surface area contributed by atoms with Crippen molar-refractivity contribution in [2.24, 2.45) is 0 Å². The SMILES string of the molecule is C[C@@H](Oc1ccccc1C#N)C(=O)N[C@]1(C(=O)O)CCSC1. The summed E-state index contributed by atoms with van der Waals surface area (Å²) in [6, 6.07) is 8.57. The van der Waals surface area contributed by atoms with Crippen LogP contribution in [0.25, 0.3) is 0 Å². The number of nitriles is 1. The smallest absolute Gasteiger partial charge is 0.330 e. The largest absolute Gasteiger partial charge is 0.480 e. The standard InChI is InChI=1S/C15H16N2O4S/c1-10(21-12-5-3-2-4-11(12)8-16)13(18)17-15(14(19)20)6-7-22-9-15/h2-5,10H,6-7,9H2,1H3,(H,17,18)(H,19,20)/t10-,15-/m1/s1. The van der Waals surface area contributed by atoms with Gasteiger partial charge in [-0.2, -0.15) is 17.0 Å². The molecule has 0 unspecified atom stereocenters. The first-order valence-corrected chi connectivity index (χ1v) is 7.93. The van der Waals surface area contributed by atoms with Gasteiger partial charge in [-0.1, -0.05) is 12.1 Å². The number of hydrogen-bond donors (Lipinski definition) is 2. The summed E-state index contributed by atoms with van der Waals surface area (Å²) < 4.78 is 5.50. The molecule has 1 saturated heterocycles. The molecule has 2 N–H and O–H groups in total. The first-order valence-electron chi connectivity index (χ1n) is 6.77. The van der Waals surface area contributed by atoms with Gasteiger partial charge in [0.1, 0.15) is 17.4 Å². The highest BCUT2D eigenvalue weighted by atomic mass is 32.2. The van der Waals surface area contributed by atoms with E-state index in [9.17, 15) is 14.7 Å². The van der Waals surface area contributed by atoms with Crippen LogP contribution < -0.4 is 10.1 Å². The first kappa shape index (κ1) is 16.2. The molecule has 6 nitrogen and oxygen atoms in total. The van der Waals surface area contributed by atoms with Gasteiger partial charge in [0, 0.05) is 5.75 Å². The van der Waals surface area contributed by atoms with Crippen LogP contribution in [-0.2, 0) is 9.59 Å². The third-order valence-corrected chi connectivity index (χ3v) is 4.66. The lowest BCUT2D eigenvalue weighted by atomic mass is 9.99. The lowest BCUT2D eigenvalue weighted by Crippen LogP contribution is -2.57. The molecule has 0 saturated carbocycles. The van der Waals surface area contributed by atoms with Crippen molar-refractivity contribution in [1.29, 1.82) is 5.26 Å². The van der Waals surface area contributed by atoms with E-state index in [-0.39, 0.29) is 0 Å². The van der Waals surface area contributed by atoms with E-state index in [1.165, 1.54) is 18.7 Å². The van der Waals surface area contributed by atoms with E-state index in [4.69, 9.17) is 10.00 Å². The zero-order chi connectivity index (χ0) is 16.2. The van der Waals surface area contributed by atoms with Gasteiger partial charge in [0.15, 0.2) is 6.10 Å². The number of carboxylic acids is 1. The van der Waals surface area contributed by atoms with Gasteiger partial charge in [0.05, 0.1) is 5.56 Å². The molecule has 1 heterocycles. The Balaban J connectivity index is 2.06. The molecule has 2 rings (SSSR count). The second kappa shape index (κ2) is 6.71. The van der Waals surface area contributed by atoms with Crippen molar-refractivity contribution in [1.82, 2.24) is 5.32 Å². The van der Waals surface area contributed by atoms with Gasteiger partial charge >= 0.3 is 5.97 Å². The average Bonchev–Trinajstić information content (AvgIpc) is 2.97. The number of thioether (sulfide) groups is 1. The van der Waals surface area contributed by atoms with E-state index in [0.29, 0.717) is 29.2 Å². The highest BCUT2D eigenvalue weighted by Crippen LogP contribution is 2.28. The highest BCUT2D eigenvalue weighted by molar-refractivity contribution is 7.99. The van der Waals surface area contributed by atoms with E-state index < -0.39 is 23.5 Å². The zero-order valence-electron chi connectivity index (χ0n) is 12.0. The Morgan fingerprint density at radius 3 is 2.82 bits per heavy atom. The number of hydrogen-bond acceptors (Lipinski definition) is 5. The molecule has 1 aliphatic heterocycles. The molecule has 1 aliphatic rings. The molecule has 7 heteroatoms. The zero-order valence-corrected chi connectivity index (χ0v) is 12.9. The van der Waals surface area contributed by atoms with Gasteiger partial charge in [-0.05, 0) is 31.2 Å². The van der Waals surface area contributed by atoms with Crippen LogP contribution in [0.4, 0.5) is 0 Å². The minimum Gasteiger partial charge on any atom is -0.480 e. The molecule has 1 aromatic carbocycles. The van der Waals surface area contributed by atoms with Crippen molar-refractivity contribution in [3.63, 3.8) is 0 Å². The van der Waals surface area contributed by atoms with Gasteiger partial charge in [0.25, 0.3) is 5.91 Å². The molecule has 0 radical (unpaired) electrons. The Bertz CT molecular complexity index is 620. The number of aliphatic carboxylic acids is 1. The molecular formula is C15H16N2O4S. The number of nitrogens with one attached hydrogen (secondary N) is 1. The van der Waals surface area contributed by atoms with Crippen molar-refractivity contribution in [3.05, 3.63) is 29.8 Å². The quantitative estimate of drug-likeness (QED) is 0.851. The molecule has 1 amide bonds. The first-order chi connectivity index (χ1) is 10.5. The summed E-state index contributed by atoms with van der Waals surface area (Å²) in [5.74, 6) is -0.194. The molecule has 116 valence electrons. The van der Waals surface area contributed by atoms with Gasteiger partial charge in [-0.3, -0.25) is 4.79 Å². The Morgan fingerprint density at radius 2 is 2.23 bits per heavy atom. The summed E-state index contributed by atoms with van der Waals surface area (Å²) in [6.07, 6.45) is -0.503. The van der Waals surface area contributed by atoms with Crippen molar-refractivity contribution >= 4 is 23.6 Å². The number of carbonyl (C=O) groups is 2. The second-order valence-corrected chi connectivity index (χ2v) is 6.15. The number of para-hydroxylation sites is 1. The van der Waals surface area contributed by atoms with E-state index in [0.717, 1.165) is 0 Å². The van der Waals surface area contributed by atoms with Crippen LogP contribution in [0.15, 0.2) is 24.3 Å². The number of carboxylic acid groups (broad SMARTS) is 1. The molecule has 0 aliphatic carbocycles. The average molecular weight is 320 g/mol. The Kier molecular flexibility index (Phi) is 4.93. The topological polar surface area (TPSA) is 99.4 Å². The number of ether oxygens (including phenoxy) is 1. The fourth-order valence-corrected chi connectivity index (χ4v) is 3.45. The predicted molar refractivity (Wildman–Crippen MR) is 81.7 cm³/mol. The third kappa shape index (κ3) is 3.34. The summed E-state index contributed by atoms with van der Waals surface area (Å²) in [7, 11) is 0. The van der Waals surface area contributed by atoms with E-state index in [2.05, 4.69) is 5.32 Å². The summed E-state index contributed by atoms with van der Waals surface area (Å²) in [4.78, 5) is 23.6. The van der Waals surface area contributed by atoms with E-state index >= 15 is 0 Å². The molecule has 0 bridgehead atoms. The molecule has 0 aromatic heterocycles. The summed E-state index contributed by atoms with van der Waals surface area (Å²) in [5.41, 5.74) is -0.903. The maximum Gasteiger partial charge on any atom is 0.330 e. The second-order valence-electron chi connectivity index (χ2n) is 5.05. The Hall–Kier alpha value is -2.20. The fraction of sp³-hybridized carbons (Fsp3) is 0.400. The van der Waals surface area contributed by atoms with Crippen molar-refractivity contribution in [3.8, 4) is 11.8 Å². The van der Waals surface area contributed by atoms with Gasteiger partial charge in [-0.15, -0.1) is 0 Å². The summed E-state index contributed by atoms with van der Waals surface area (Å²) >= 11 is 1.49. The van der Waals surface area contributed by atoms with E-state index in [1.54, 1.807) is 24.3 Å². The summed E-state index contributed by atoms with van der Waals surface area (Å²) in [6.45, 7) is 1.53. The molecule has 22 heavy (non-hydrogen) atoms. The van der Waals surface area contributed by atoms with Crippen LogP contribution in [0.5, 0.6) is 5.75 Å². The monoisotopic (exact) mass is 320 g/mol. The Labute approximate surface area is 132 Å². The summed E-state index contributed by atoms with van der Waals surface area (Å²) in [5, 5.41) is 20.9. The maximum absolute atomic E-state index is 12.2. The van der Waals surface area contributed by atoms with Crippen LogP contribution in [0, 0.1) is 11.3 Å². The van der Waals surface area contributed by atoms with Crippen LogP contribution in [-0.4, -0.2) is 40.1 Å². The molecular weight excluding hydrogens is 304 g/mol. The van der Waals surface area contributed by atoms with E-state index in [1.807, 2.05) is 6.07 Å². The normalized spacial score (nSPS) is 21.6. The third-order valence-electron chi connectivity index (χ3n) is 3.47. The van der Waals surface area contributed by atoms with Crippen LogP contribution in [0.1, 0.15) is 18.9 Å². The predicted octanol–water partition coefficient (Wildman–Crippen LogP) is 1.40. The molecule has 1 aromatic rings. The lowest BCUT2D eigenvalue weighted by molar-refractivity contribution is -0.147. The van der Waals surface area contributed by atoms with Crippen LogP contribution >= 0.6 is 11.8 Å². The van der Waals surface area contributed by atoms with Gasteiger partial charge < -0.3 is 15.2 Å². The maximum atomic E-state index is 12.2. The van der Waals surface area contributed by atoms with Crippen molar-refractivity contribution < 1.29 is 19.4 Å². The van der Waals surface area contributed by atoms with Crippen molar-refractivity contribution in [2.75, 3.05) is 11.5 Å². The number of nitrogens with zero attached hydrogens (tertiary/aromatic N) is 1. The van der Waals surface area contributed by atoms with Gasteiger partial charge in [0.2, 0.25) is 0 Å². The van der Waals surface area contributed by atoms with Gasteiger partial charge in [-0.25, -0.2) is 4.79 Å². The Morgan fingerprint density at radius 1 is 1.50 bits per heavy atom. The highest BCUT2D eigenvalue weighted by Gasteiger charge is 2.44. The number of carbonyl (C=O) groups excluding carboxylic acids is 1. The number of amides is 1. The minimum atomic E-state index is -1.23. The van der Waals surface area contributed by atoms with Crippen LogP contribution in [0.3, 0.4) is 0 Å². The molecule has 0 spiro atoms. The lowest BCUT2D eigenvalue weighted by Gasteiger charge is -2.26.